The fourth-order valence-electron chi connectivity index (χ4n) is 0.570. The van der Waals surface area contributed by atoms with Gasteiger partial charge in [-0.1, -0.05) is 13.8 Å². The first-order valence-corrected chi connectivity index (χ1v) is 4.06. The minimum absolute atomic E-state index is 0.0150. The number of nitrogens with zero attached hydrogens (tertiary/aromatic N) is 1. The van der Waals surface area contributed by atoms with Crippen molar-refractivity contribution in [2.45, 2.75) is 20.8 Å². The van der Waals surface area contributed by atoms with E-state index in [0.717, 1.165) is 13.1 Å². The number of urea groups is 1. The summed E-state index contributed by atoms with van der Waals surface area (Å²) in [6, 6.07) is 0.0150. The summed E-state index contributed by atoms with van der Waals surface area (Å²) < 4.78 is 0. The molecule has 0 aliphatic heterocycles. The van der Waals surface area contributed by atoms with Crippen LogP contribution in [0, 0.1) is 5.92 Å². The average Bonchev–Trinajstić information content (AvgIpc) is 1.98. The monoisotopic (exact) mass is 158 g/mol. The van der Waals surface area contributed by atoms with Crippen LogP contribution in [0.25, 0.3) is 0 Å². The summed E-state index contributed by atoms with van der Waals surface area (Å²) >= 11 is 0. The zero-order chi connectivity index (χ0) is 8.85. The zero-order valence-electron chi connectivity index (χ0n) is 7.85. The van der Waals surface area contributed by atoms with Crippen molar-refractivity contribution in [1.29, 1.82) is 0 Å². The van der Waals surface area contributed by atoms with Gasteiger partial charge in [-0.15, -0.1) is 0 Å². The number of rotatable bonds is 3. The van der Waals surface area contributed by atoms with Gasteiger partial charge in [-0.2, -0.15) is 0 Å². The summed E-state index contributed by atoms with van der Waals surface area (Å²) in [5.74, 6) is 0.518. The van der Waals surface area contributed by atoms with Gasteiger partial charge >= 0.3 is 6.03 Å². The van der Waals surface area contributed by atoms with E-state index in [9.17, 15) is 4.79 Å². The van der Waals surface area contributed by atoms with Crippen molar-refractivity contribution in [3.8, 4) is 0 Å². The van der Waals surface area contributed by atoms with Gasteiger partial charge in [-0.3, -0.25) is 0 Å². The van der Waals surface area contributed by atoms with Gasteiger partial charge in [0.05, 0.1) is 0 Å². The van der Waals surface area contributed by atoms with Crippen molar-refractivity contribution in [1.82, 2.24) is 10.2 Å². The van der Waals surface area contributed by atoms with Crippen LogP contribution in [0.3, 0.4) is 0 Å². The molecule has 0 spiro atoms. The second kappa shape index (κ2) is 4.99. The maximum atomic E-state index is 11.1. The van der Waals surface area contributed by atoms with Crippen molar-refractivity contribution in [2.75, 3.05) is 20.1 Å². The molecule has 2 amide bonds. The van der Waals surface area contributed by atoms with Gasteiger partial charge in [0, 0.05) is 20.1 Å². The molecule has 0 atom stereocenters. The van der Waals surface area contributed by atoms with E-state index in [1.165, 1.54) is 0 Å². The summed E-state index contributed by atoms with van der Waals surface area (Å²) in [4.78, 5) is 12.7. The second-order valence-corrected chi connectivity index (χ2v) is 3.09. The van der Waals surface area contributed by atoms with Crippen molar-refractivity contribution in [2.24, 2.45) is 5.92 Å². The number of carbonyl (C=O) groups is 1. The lowest BCUT2D eigenvalue weighted by Crippen LogP contribution is -2.38. The van der Waals surface area contributed by atoms with Gasteiger partial charge in [0.15, 0.2) is 0 Å². The SMILES string of the molecule is CCN(C)C(=O)NCC(C)C. The molecule has 0 unspecified atom stereocenters. The van der Waals surface area contributed by atoms with Crippen molar-refractivity contribution in [3.05, 3.63) is 0 Å². The highest BCUT2D eigenvalue weighted by Gasteiger charge is 2.04. The Morgan fingerprint density at radius 1 is 1.55 bits per heavy atom. The third-order valence-corrected chi connectivity index (χ3v) is 1.48. The molecule has 0 heterocycles. The zero-order valence-corrected chi connectivity index (χ0v) is 7.85. The summed E-state index contributed by atoms with van der Waals surface area (Å²) in [5, 5.41) is 2.82. The Labute approximate surface area is 68.8 Å². The molecule has 0 aromatic rings. The van der Waals surface area contributed by atoms with Crippen LogP contribution in [0.5, 0.6) is 0 Å². The predicted molar refractivity (Wildman–Crippen MR) is 46.5 cm³/mol. The first-order valence-electron chi connectivity index (χ1n) is 4.06. The van der Waals surface area contributed by atoms with E-state index >= 15 is 0 Å². The number of hydrogen-bond donors (Lipinski definition) is 1. The van der Waals surface area contributed by atoms with Gasteiger partial charge in [-0.05, 0) is 12.8 Å². The third kappa shape index (κ3) is 4.65. The van der Waals surface area contributed by atoms with Crippen molar-refractivity contribution in [3.63, 3.8) is 0 Å². The lowest BCUT2D eigenvalue weighted by atomic mass is 10.2. The normalized spacial score (nSPS) is 9.91. The molecular formula is C8H18N2O. The fourth-order valence-corrected chi connectivity index (χ4v) is 0.570. The van der Waals surface area contributed by atoms with Gasteiger partial charge in [0.1, 0.15) is 0 Å². The Kier molecular flexibility index (Phi) is 4.66. The Balaban J connectivity index is 3.52. The minimum atomic E-state index is 0.0150. The van der Waals surface area contributed by atoms with E-state index in [2.05, 4.69) is 19.2 Å². The minimum Gasteiger partial charge on any atom is -0.338 e. The van der Waals surface area contributed by atoms with Crippen LogP contribution < -0.4 is 5.32 Å². The maximum Gasteiger partial charge on any atom is 0.317 e. The quantitative estimate of drug-likeness (QED) is 0.659. The van der Waals surface area contributed by atoms with E-state index in [1.807, 2.05) is 6.92 Å². The molecule has 3 nitrogen and oxygen atoms in total. The topological polar surface area (TPSA) is 32.3 Å². The molecule has 0 bridgehead atoms. The summed E-state index contributed by atoms with van der Waals surface area (Å²) in [7, 11) is 1.79. The van der Waals surface area contributed by atoms with Crippen LogP contribution in [0.4, 0.5) is 4.79 Å². The van der Waals surface area contributed by atoms with Gasteiger partial charge < -0.3 is 10.2 Å². The largest absolute Gasteiger partial charge is 0.338 e. The molecule has 0 rings (SSSR count). The number of nitrogens with one attached hydrogen (secondary N) is 1. The highest BCUT2D eigenvalue weighted by atomic mass is 16.2. The molecule has 0 saturated carbocycles. The molecule has 0 aromatic carbocycles. The predicted octanol–water partition coefficient (Wildman–Crippen LogP) is 1.30. The third-order valence-electron chi connectivity index (χ3n) is 1.48. The lowest BCUT2D eigenvalue weighted by Gasteiger charge is -2.16. The molecule has 0 aliphatic rings. The van der Waals surface area contributed by atoms with Crippen LogP contribution in [0.15, 0.2) is 0 Å². The van der Waals surface area contributed by atoms with Crippen LogP contribution in [-0.4, -0.2) is 31.1 Å². The molecule has 66 valence electrons. The number of hydrogen-bond acceptors (Lipinski definition) is 1. The average molecular weight is 158 g/mol. The fraction of sp³-hybridized carbons (Fsp3) is 0.875. The first-order chi connectivity index (χ1) is 5.07. The number of carbonyl (C=O) groups excluding carboxylic acids is 1. The standard InChI is InChI=1S/C8H18N2O/c1-5-10(4)8(11)9-6-7(2)3/h7H,5-6H2,1-4H3,(H,9,11). The molecule has 11 heavy (non-hydrogen) atoms. The van der Waals surface area contributed by atoms with Crippen LogP contribution >= 0.6 is 0 Å². The van der Waals surface area contributed by atoms with Gasteiger partial charge in [0.25, 0.3) is 0 Å². The summed E-state index contributed by atoms with van der Waals surface area (Å²) in [6.07, 6.45) is 0. The lowest BCUT2D eigenvalue weighted by molar-refractivity contribution is 0.210. The van der Waals surface area contributed by atoms with E-state index in [-0.39, 0.29) is 6.03 Å². The molecule has 0 fully saturated rings. The van der Waals surface area contributed by atoms with E-state index < -0.39 is 0 Å². The number of amides is 2. The molecular weight excluding hydrogens is 140 g/mol. The first kappa shape index (κ1) is 10.3. The molecule has 0 radical (unpaired) electrons. The van der Waals surface area contributed by atoms with Crippen molar-refractivity contribution >= 4 is 6.03 Å². The molecule has 1 N–H and O–H groups in total. The smallest absolute Gasteiger partial charge is 0.317 e. The molecule has 3 heteroatoms. The molecule has 0 aliphatic carbocycles. The Hall–Kier alpha value is -0.730. The summed E-state index contributed by atoms with van der Waals surface area (Å²) in [5.41, 5.74) is 0. The van der Waals surface area contributed by atoms with E-state index in [0.29, 0.717) is 5.92 Å². The molecule has 0 saturated heterocycles. The van der Waals surface area contributed by atoms with E-state index in [1.54, 1.807) is 11.9 Å². The Morgan fingerprint density at radius 2 is 2.09 bits per heavy atom. The van der Waals surface area contributed by atoms with Crippen LogP contribution in [-0.2, 0) is 0 Å². The van der Waals surface area contributed by atoms with E-state index in [4.69, 9.17) is 0 Å². The van der Waals surface area contributed by atoms with Crippen LogP contribution in [0.2, 0.25) is 0 Å². The maximum absolute atomic E-state index is 11.1. The van der Waals surface area contributed by atoms with Gasteiger partial charge in [0.2, 0.25) is 0 Å². The Morgan fingerprint density at radius 3 is 2.45 bits per heavy atom. The highest BCUT2D eigenvalue weighted by molar-refractivity contribution is 5.73. The molecule has 0 aromatic heterocycles. The second-order valence-electron chi connectivity index (χ2n) is 3.09. The highest BCUT2D eigenvalue weighted by Crippen LogP contribution is 1.89. The Bertz CT molecular complexity index is 123. The van der Waals surface area contributed by atoms with Gasteiger partial charge in [-0.25, -0.2) is 4.79 Å². The summed E-state index contributed by atoms with van der Waals surface area (Å²) in [6.45, 7) is 7.61. The van der Waals surface area contributed by atoms with Crippen molar-refractivity contribution < 1.29 is 4.79 Å². The van der Waals surface area contributed by atoms with Crippen LogP contribution in [0.1, 0.15) is 20.8 Å².